The minimum absolute atomic E-state index is 0.00142. The van der Waals surface area contributed by atoms with Gasteiger partial charge in [0.05, 0.1) is 38.5 Å². The molecule has 136 heavy (non-hydrogen) atoms. The number of carbonyl (C=O) groups excluding carboxylic acids is 10. The van der Waals surface area contributed by atoms with E-state index in [4.69, 9.17) is 31.2 Å². The first-order valence-corrected chi connectivity index (χ1v) is 49.4. The SMILES string of the molecule is COc1nc(N2CCC3(CN(CCCCCCC(=O)Nc4cccc(Sc5cnc(N6CCC(N)(Cc7cc8c(cc7CNC(=O)c7ccc(N9CCC%10(CC9)CC(=CCCCCCC(=O)Nc9cccc(Sc%11cnc(N%12CCC(N)(CO)CC%12)cn%11)c9)C%10)nn7)CN(C7CCC(=O)NC7=O)C8=O)CC6)cn5)c4)C3)C2)ccc1C(=O)NCc1ccc2c(c1)CN(C1CCC(=O)NC1=O)C2=O. The third kappa shape index (κ3) is 22.2. The number of unbranched alkanes of at least 4 members (excludes halogenated alkanes) is 6. The molecule has 13 heterocycles. The van der Waals surface area contributed by atoms with E-state index in [-0.39, 0.29) is 122 Å². The van der Waals surface area contributed by atoms with Crippen LogP contribution in [0.25, 0.3) is 0 Å². The number of benzene rings is 4. The zero-order chi connectivity index (χ0) is 94.2. The number of hydrogen-bond acceptors (Lipinski definition) is 28. The lowest BCUT2D eigenvalue weighted by Gasteiger charge is -2.49. The van der Waals surface area contributed by atoms with Gasteiger partial charge in [-0.3, -0.25) is 58.6 Å². The number of aromatic nitrogens is 7. The molecule has 2 spiro atoms. The van der Waals surface area contributed by atoms with E-state index >= 15 is 0 Å². The molecule has 34 nitrogen and oxygen atoms in total. The van der Waals surface area contributed by atoms with Gasteiger partial charge in [-0.05, 0) is 222 Å². The molecule has 712 valence electrons. The number of nitrogens with two attached hydrogens (primary N) is 2. The maximum atomic E-state index is 14.2. The number of fused-ring (bicyclic) bond motifs is 2. The van der Waals surface area contributed by atoms with Crippen LogP contribution in [0, 0.1) is 10.8 Å². The van der Waals surface area contributed by atoms with Crippen LogP contribution >= 0.6 is 23.5 Å². The molecule has 8 aromatic rings. The number of allylic oxidation sites excluding steroid dienone is 2. The second-order valence-corrected chi connectivity index (χ2v) is 40.8. The molecule has 10 aliphatic rings. The van der Waals surface area contributed by atoms with Crippen LogP contribution in [-0.4, -0.2) is 223 Å². The Morgan fingerprint density at radius 3 is 1.68 bits per heavy atom. The highest BCUT2D eigenvalue weighted by atomic mass is 32.2. The number of pyridine rings is 1. The second kappa shape index (κ2) is 41.3. The average Bonchev–Trinajstić information content (AvgIpc) is 1.44. The van der Waals surface area contributed by atoms with Crippen molar-refractivity contribution < 1.29 is 57.8 Å². The van der Waals surface area contributed by atoms with Gasteiger partial charge in [0.2, 0.25) is 41.3 Å². The lowest BCUT2D eigenvalue weighted by Crippen LogP contribution is -2.57. The van der Waals surface area contributed by atoms with Gasteiger partial charge in [-0.25, -0.2) is 19.9 Å². The number of nitrogens with zero attached hydrogens (tertiary/aromatic N) is 14. The Morgan fingerprint density at radius 1 is 0.537 bits per heavy atom. The largest absolute Gasteiger partial charge is 0.480 e. The second-order valence-electron chi connectivity index (χ2n) is 38.6. The van der Waals surface area contributed by atoms with Crippen molar-refractivity contribution >= 4 is 117 Å². The fourth-order valence-corrected chi connectivity index (χ4v) is 22.5. The number of piperidine rings is 5. The van der Waals surface area contributed by atoms with E-state index in [1.54, 1.807) is 49.1 Å². The number of methoxy groups -OCH3 is 1. The molecule has 18 rings (SSSR count). The summed E-state index contributed by atoms with van der Waals surface area (Å²) in [6.07, 6.45) is 27.1. The summed E-state index contributed by atoms with van der Waals surface area (Å²) in [5, 5.41) is 37.0. The molecule has 0 radical (unpaired) electrons. The van der Waals surface area contributed by atoms with E-state index < -0.39 is 40.9 Å². The van der Waals surface area contributed by atoms with Crippen molar-refractivity contribution in [3.8, 4) is 5.88 Å². The molecule has 9 aliphatic heterocycles. The molecule has 2 unspecified atom stereocenters. The van der Waals surface area contributed by atoms with Gasteiger partial charge in [0, 0.05) is 166 Å². The third-order valence-electron chi connectivity index (χ3n) is 28.8. The first kappa shape index (κ1) is 94.0. The van der Waals surface area contributed by atoms with Crippen molar-refractivity contribution in [2.24, 2.45) is 22.3 Å². The van der Waals surface area contributed by atoms with Gasteiger partial charge in [0.15, 0.2) is 11.5 Å². The fourth-order valence-electron chi connectivity index (χ4n) is 20.9. The molecule has 1 saturated carbocycles. The van der Waals surface area contributed by atoms with E-state index in [2.05, 4.69) is 82.6 Å². The summed E-state index contributed by atoms with van der Waals surface area (Å²) in [4.78, 5) is 171. The molecule has 11 N–H and O–H groups in total. The smallest absolute Gasteiger partial charge is 0.272 e. The van der Waals surface area contributed by atoms with Gasteiger partial charge in [-0.1, -0.05) is 84.8 Å². The van der Waals surface area contributed by atoms with Crippen molar-refractivity contribution in [1.82, 2.24) is 71.1 Å². The number of rotatable bonds is 35. The highest BCUT2D eigenvalue weighted by Gasteiger charge is 2.49. The molecule has 4 aromatic heterocycles. The number of nitrogens with one attached hydrogen (secondary N) is 6. The topological polar surface area (TPSA) is 437 Å². The summed E-state index contributed by atoms with van der Waals surface area (Å²) < 4.78 is 5.65. The van der Waals surface area contributed by atoms with Crippen LogP contribution in [0.4, 0.5) is 34.6 Å². The number of aliphatic hydroxyl groups is 1. The summed E-state index contributed by atoms with van der Waals surface area (Å²) in [6, 6.07) is 30.4. The first-order valence-electron chi connectivity index (χ1n) is 47.8. The van der Waals surface area contributed by atoms with E-state index in [0.717, 1.165) is 208 Å². The highest BCUT2D eigenvalue weighted by Crippen LogP contribution is 2.53. The number of likely N-dealkylation sites (tertiary alicyclic amines) is 1. The third-order valence-corrected chi connectivity index (χ3v) is 30.6. The monoisotopic (exact) mass is 1880 g/mol. The number of imide groups is 2. The van der Waals surface area contributed by atoms with Gasteiger partial charge in [-0.15, -0.1) is 10.2 Å². The Balaban J connectivity index is 0.396. The number of anilines is 6. The van der Waals surface area contributed by atoms with Crippen LogP contribution in [-0.2, 0) is 61.4 Å². The molecular formula is C100H118N22O12S2. The van der Waals surface area contributed by atoms with Gasteiger partial charge in [-0.2, -0.15) is 4.98 Å². The number of amides is 10. The molecule has 8 fully saturated rings. The van der Waals surface area contributed by atoms with E-state index in [0.29, 0.717) is 91.3 Å². The van der Waals surface area contributed by atoms with Crippen molar-refractivity contribution in [2.45, 2.75) is 223 Å². The average molecular weight is 1880 g/mol. The molecule has 0 bridgehead atoms. The van der Waals surface area contributed by atoms with Crippen molar-refractivity contribution in [3.63, 3.8) is 0 Å². The summed E-state index contributed by atoms with van der Waals surface area (Å²) >= 11 is 2.95. The summed E-state index contributed by atoms with van der Waals surface area (Å²) in [7, 11) is 1.51. The predicted molar refractivity (Wildman–Crippen MR) is 513 cm³/mol. The molecule has 4 aromatic carbocycles. The zero-order valence-electron chi connectivity index (χ0n) is 76.8. The Labute approximate surface area is 798 Å². The lowest BCUT2D eigenvalue weighted by molar-refractivity contribution is -0.138. The van der Waals surface area contributed by atoms with Gasteiger partial charge in [0.1, 0.15) is 45.2 Å². The number of aliphatic hydroxyl groups excluding tert-OH is 1. The zero-order valence-corrected chi connectivity index (χ0v) is 78.4. The molecule has 1 aliphatic carbocycles. The standard InChI is InChI=1S/C100H118N22O12S2/c1-134-94-75(90(128)107-52-64-19-20-74-68(44-64)58-121(95(74)132)78-23-27-86(126)112-92(78)130)21-25-80(111-94)120-39-31-98(62-120)60-116(61-98)36-9-5-4-8-18-85(125)110-71-14-11-16-73(48-71)135-88-56-103-82(54-105-88)118-40-32-99(101,33-41-118)51-66-46-76-69(59-122(96(76)133)79-24-28-87(127)113-93(79)131)45-67(66)53-108-91(129)77-22-26-81(115-114-77)117-37-29-97(30-38-117)49-65(50-97)12-6-2-3-7-17-84(124)109-70-13-10-15-72(47-70)136-89-57-104-83(55-106-89)119-42-34-100(102,63-123)35-43-119/h10-16,19-22,25-26,44-48,54-57,78-79,123H,2-9,17-18,23-24,27-43,49-53,58-63,101-102H2,1H3,(H,107,128)(H,108,129)(H,109,124)(H,110,125)(H,112,126,130)(H,113,127,131). The van der Waals surface area contributed by atoms with E-state index in [1.165, 1.54) is 46.0 Å². The van der Waals surface area contributed by atoms with Gasteiger partial charge < -0.3 is 76.9 Å². The Kier molecular flexibility index (Phi) is 28.6. The maximum Gasteiger partial charge on any atom is 0.272 e. The predicted octanol–water partition coefficient (Wildman–Crippen LogP) is 9.97. The normalized spacial score (nSPS) is 19.8. The molecule has 2 atom stereocenters. The van der Waals surface area contributed by atoms with Crippen molar-refractivity contribution in [1.29, 1.82) is 0 Å². The van der Waals surface area contributed by atoms with Crippen LogP contribution in [0.3, 0.4) is 0 Å². The minimum atomic E-state index is -0.796. The Hall–Kier alpha value is -12.4. The quantitative estimate of drug-likeness (QED) is 0.0101. The van der Waals surface area contributed by atoms with Crippen molar-refractivity contribution in [2.75, 3.05) is 116 Å². The fraction of sp³-hybridized carbons (Fsp3) is 0.470. The number of hydrogen-bond donors (Lipinski definition) is 9. The minimum Gasteiger partial charge on any atom is -0.480 e. The van der Waals surface area contributed by atoms with Gasteiger partial charge in [0.25, 0.3) is 23.6 Å². The summed E-state index contributed by atoms with van der Waals surface area (Å²) in [6.45, 7) is 9.76. The van der Waals surface area contributed by atoms with Crippen LogP contribution in [0.5, 0.6) is 5.88 Å². The van der Waals surface area contributed by atoms with Gasteiger partial charge >= 0.3 is 0 Å². The maximum absolute atomic E-state index is 14.2. The van der Waals surface area contributed by atoms with Crippen molar-refractivity contribution in [3.05, 3.63) is 190 Å². The van der Waals surface area contributed by atoms with Crippen LogP contribution in [0.2, 0.25) is 0 Å². The van der Waals surface area contributed by atoms with Crippen LogP contribution in [0.1, 0.15) is 217 Å². The Morgan fingerprint density at radius 2 is 1.10 bits per heavy atom. The van der Waals surface area contributed by atoms with E-state index in [1.807, 2.05) is 78.9 Å². The molecule has 36 heteroatoms. The summed E-state index contributed by atoms with van der Waals surface area (Å²) in [5.41, 5.74) is 21.1. The van der Waals surface area contributed by atoms with Crippen LogP contribution < -0.4 is 67.7 Å². The Bertz CT molecular complexity index is 5870. The first-order chi connectivity index (χ1) is 65.8. The lowest BCUT2D eigenvalue weighted by atomic mass is 9.60. The number of carbonyl (C=O) groups is 10. The molecule has 7 saturated heterocycles. The summed E-state index contributed by atoms with van der Waals surface area (Å²) in [5.74, 6) is 0.253. The highest BCUT2D eigenvalue weighted by molar-refractivity contribution is 7.99. The van der Waals surface area contributed by atoms with E-state index in [9.17, 15) is 53.1 Å². The molecule has 10 amide bonds. The molecular weight excluding hydrogens is 1770 g/mol. The van der Waals surface area contributed by atoms with Crippen LogP contribution in [0.15, 0.2) is 159 Å². The number of ether oxygens (including phenoxy) is 1.